The summed E-state index contributed by atoms with van der Waals surface area (Å²) in [6, 6.07) is 2.25. The summed E-state index contributed by atoms with van der Waals surface area (Å²) in [6.07, 6.45) is 4.41. The second-order valence-electron chi connectivity index (χ2n) is 16.9. The summed E-state index contributed by atoms with van der Waals surface area (Å²) in [5, 5.41) is 67.1. The Kier molecular flexibility index (Phi) is 8.31. The summed E-state index contributed by atoms with van der Waals surface area (Å²) in [5.41, 5.74) is 2.14. The van der Waals surface area contributed by atoms with Gasteiger partial charge >= 0.3 is 5.97 Å². The zero-order chi connectivity index (χ0) is 37.1. The molecule has 9 rings (SSSR count). The molecule has 2 aromatic rings. The molecule has 12 heteroatoms. The van der Waals surface area contributed by atoms with E-state index in [4.69, 9.17) is 18.9 Å². The maximum absolute atomic E-state index is 12.5. The number of allylic oxidation sites excluding steroid dienone is 2. The van der Waals surface area contributed by atoms with E-state index in [1.807, 2.05) is 0 Å². The number of ketones is 1. The third-order valence-corrected chi connectivity index (χ3v) is 14.3. The number of phenols is 2. The van der Waals surface area contributed by atoms with Gasteiger partial charge in [0.15, 0.2) is 5.78 Å². The predicted octanol–water partition coefficient (Wildman–Crippen LogP) is 4.54. The molecule has 2 spiro atoms. The van der Waals surface area contributed by atoms with Crippen molar-refractivity contribution in [3.8, 4) is 17.2 Å². The van der Waals surface area contributed by atoms with Crippen LogP contribution in [-0.4, -0.2) is 99.0 Å². The summed E-state index contributed by atoms with van der Waals surface area (Å²) in [5.74, 6) is -1.63. The van der Waals surface area contributed by atoms with Gasteiger partial charge < -0.3 is 49.6 Å². The van der Waals surface area contributed by atoms with E-state index in [1.54, 1.807) is 0 Å². The van der Waals surface area contributed by atoms with Crippen LogP contribution in [0.15, 0.2) is 34.9 Å². The van der Waals surface area contributed by atoms with Crippen LogP contribution < -0.4 is 4.74 Å². The first-order valence-corrected chi connectivity index (χ1v) is 19.1. The zero-order valence-electron chi connectivity index (χ0n) is 30.0. The number of Topliss-reactive ketones (excluding diaryl/α,β-unsaturated/α-hetero) is 1. The van der Waals surface area contributed by atoms with Crippen LogP contribution in [0.5, 0.6) is 17.2 Å². The Hall–Kier alpha value is -3.52. The quantitative estimate of drug-likeness (QED) is 0.186. The molecule has 5 fully saturated rings. The molecule has 3 saturated carbocycles. The predicted molar refractivity (Wildman–Crippen MR) is 189 cm³/mol. The van der Waals surface area contributed by atoms with Crippen molar-refractivity contribution in [2.24, 2.45) is 35.0 Å². The number of phenolic OH excluding ortho intramolecular Hbond substituents is 2. The average molecular weight is 733 g/mol. The van der Waals surface area contributed by atoms with Crippen LogP contribution in [0.4, 0.5) is 0 Å². The molecular formula is C41H48O12. The lowest BCUT2D eigenvalue weighted by atomic mass is 9.48. The molecule has 3 heterocycles. The number of rotatable bonds is 5. The minimum atomic E-state index is -1.74. The fraction of sp³-hybridized carbons (Fsp3) is 0.610. The van der Waals surface area contributed by atoms with Crippen LogP contribution in [0.1, 0.15) is 84.6 Å². The van der Waals surface area contributed by atoms with Crippen LogP contribution in [0.2, 0.25) is 0 Å². The number of aliphatic hydroxyl groups excluding tert-OH is 3. The van der Waals surface area contributed by atoms with Gasteiger partial charge in [-0.3, -0.25) is 4.79 Å². The molecule has 0 bridgehead atoms. The van der Waals surface area contributed by atoms with Crippen molar-refractivity contribution in [2.45, 2.75) is 95.4 Å². The molecule has 12 nitrogen and oxygen atoms in total. The topological polar surface area (TPSA) is 192 Å². The van der Waals surface area contributed by atoms with Crippen molar-refractivity contribution in [3.05, 3.63) is 51.6 Å². The zero-order valence-corrected chi connectivity index (χ0v) is 30.0. The van der Waals surface area contributed by atoms with Gasteiger partial charge in [0, 0.05) is 23.5 Å². The highest BCUT2D eigenvalue weighted by atomic mass is 16.7. The minimum Gasteiger partial charge on any atom is -0.507 e. The van der Waals surface area contributed by atoms with E-state index < -0.39 is 60.1 Å². The number of benzene rings is 2. The lowest BCUT2D eigenvalue weighted by Gasteiger charge is -2.59. The number of carboxylic acids is 1. The third-order valence-electron chi connectivity index (χ3n) is 14.3. The smallest absolute Gasteiger partial charge is 0.335 e. The number of hydrogen-bond donors (Lipinski definition) is 6. The molecule has 2 saturated heterocycles. The molecule has 6 N–H and O–H groups in total. The van der Waals surface area contributed by atoms with Crippen molar-refractivity contribution in [1.29, 1.82) is 0 Å². The number of aromatic hydroxyl groups is 2. The minimum absolute atomic E-state index is 0.0159. The first-order chi connectivity index (χ1) is 25.4. The first-order valence-electron chi connectivity index (χ1n) is 19.1. The molecule has 0 radical (unpaired) electrons. The maximum Gasteiger partial charge on any atom is 0.335 e. The molecule has 3 aliphatic heterocycles. The number of hydrogen-bond acceptors (Lipinski definition) is 11. The van der Waals surface area contributed by atoms with Crippen molar-refractivity contribution < 1.29 is 59.2 Å². The molecule has 2 aromatic carbocycles. The van der Waals surface area contributed by atoms with Gasteiger partial charge in [0.2, 0.25) is 6.29 Å². The van der Waals surface area contributed by atoms with Gasteiger partial charge in [-0.2, -0.15) is 0 Å². The summed E-state index contributed by atoms with van der Waals surface area (Å²) in [6.45, 7) is 3.74. The number of carbonyl (C=O) groups excluding carboxylic acids is 1. The van der Waals surface area contributed by atoms with E-state index in [1.165, 1.54) is 57.1 Å². The van der Waals surface area contributed by atoms with E-state index in [2.05, 4.69) is 6.08 Å². The molecule has 7 aliphatic rings. The van der Waals surface area contributed by atoms with E-state index in [9.17, 15) is 40.2 Å². The fourth-order valence-electron chi connectivity index (χ4n) is 12.1. The highest BCUT2D eigenvalue weighted by molar-refractivity contribution is 6.11. The Labute approximate surface area is 307 Å². The summed E-state index contributed by atoms with van der Waals surface area (Å²) in [4.78, 5) is 24.7. The second kappa shape index (κ2) is 12.5. The highest BCUT2D eigenvalue weighted by Gasteiger charge is 2.64. The number of ether oxygens (including phenoxy) is 4. The van der Waals surface area contributed by atoms with Crippen molar-refractivity contribution in [2.75, 3.05) is 26.4 Å². The Morgan fingerprint density at radius 1 is 1.02 bits per heavy atom. The molecule has 53 heavy (non-hydrogen) atoms. The molecule has 10 atom stereocenters. The summed E-state index contributed by atoms with van der Waals surface area (Å²) >= 11 is 0. The van der Waals surface area contributed by atoms with Gasteiger partial charge in [-0.15, -0.1) is 0 Å². The number of aliphatic hydroxyl groups is 3. The standard InChI is InChI=1S/C41H48O12/c1-18-30(19(2)43)35(45)33-24(34(18)44)9-21(38(48)49)10-28(33)52-39-36(46)37(47)41(29(14-42)53-39)13-26-25-12-40(7-3-4-8-40)11-22-15-50-17-27(32(22)25)23-6-5-20(16-51-41)31(23)26/h6,9-10,22,25-27,29,32,36-37,39,42,44-47H,3-5,7-8,11-17H2,1-2H3,(H,48,49)/t22-,25+,26-,27+,29+,32+,36+,37+,39-,41-/m0/s1. The fourth-order valence-corrected chi connectivity index (χ4v) is 12.1. The number of carboxylic acid groups (broad SMARTS) is 1. The van der Waals surface area contributed by atoms with Crippen LogP contribution in [0.25, 0.3) is 10.8 Å². The first kappa shape index (κ1) is 35.2. The Morgan fingerprint density at radius 3 is 2.51 bits per heavy atom. The van der Waals surface area contributed by atoms with Crippen molar-refractivity contribution in [1.82, 2.24) is 0 Å². The molecule has 4 aliphatic carbocycles. The lowest BCUT2D eigenvalue weighted by Crippen LogP contribution is -2.69. The van der Waals surface area contributed by atoms with Crippen molar-refractivity contribution >= 4 is 22.5 Å². The monoisotopic (exact) mass is 732 g/mol. The van der Waals surface area contributed by atoms with Crippen LogP contribution in [0, 0.1) is 41.9 Å². The maximum atomic E-state index is 12.5. The lowest BCUT2D eigenvalue weighted by molar-refractivity contribution is -0.326. The van der Waals surface area contributed by atoms with Crippen LogP contribution >= 0.6 is 0 Å². The molecule has 0 unspecified atom stereocenters. The Balaban J connectivity index is 1.09. The summed E-state index contributed by atoms with van der Waals surface area (Å²) < 4.78 is 25.5. The van der Waals surface area contributed by atoms with E-state index in [0.717, 1.165) is 37.2 Å². The molecule has 284 valence electrons. The van der Waals surface area contributed by atoms with Gasteiger partial charge in [-0.1, -0.05) is 18.9 Å². The molecule has 0 amide bonds. The summed E-state index contributed by atoms with van der Waals surface area (Å²) in [7, 11) is 0. The highest BCUT2D eigenvalue weighted by Crippen LogP contribution is 2.66. The van der Waals surface area contributed by atoms with Gasteiger partial charge in [0.1, 0.15) is 41.2 Å². The Morgan fingerprint density at radius 2 is 1.79 bits per heavy atom. The number of fused-ring (bicyclic) bond motifs is 3. The van der Waals surface area contributed by atoms with E-state index >= 15 is 0 Å². The molecule has 0 aromatic heterocycles. The SMILES string of the molecule is CC(=O)c1c(C)c(O)c2cc(C(=O)O)cc(O[C@H]3O[C@H](CO)[C@@]4(C[C@@H]5C6=C(CC=C6[C@H]6COC[C@@H]7CC8(CCCC8)C[C@H]5[C@@H]76)CO4)[C@H](O)[C@H]3O)c2c1O. The van der Waals surface area contributed by atoms with Gasteiger partial charge in [-0.05, 0) is 110 Å². The van der Waals surface area contributed by atoms with Crippen LogP contribution in [0.3, 0.4) is 0 Å². The van der Waals surface area contributed by atoms with Gasteiger partial charge in [0.25, 0.3) is 0 Å². The van der Waals surface area contributed by atoms with Gasteiger partial charge in [0.05, 0.1) is 36.3 Å². The largest absolute Gasteiger partial charge is 0.507 e. The second-order valence-corrected chi connectivity index (χ2v) is 16.9. The molecular weight excluding hydrogens is 684 g/mol. The average Bonchev–Trinajstić information content (AvgIpc) is 3.73. The van der Waals surface area contributed by atoms with Crippen LogP contribution in [-0.2, 0) is 14.2 Å². The van der Waals surface area contributed by atoms with E-state index in [0.29, 0.717) is 36.7 Å². The Bertz CT molecular complexity index is 1960. The van der Waals surface area contributed by atoms with Crippen molar-refractivity contribution in [3.63, 3.8) is 0 Å². The number of carbonyl (C=O) groups is 2. The third kappa shape index (κ3) is 5.09. The number of aromatic carboxylic acids is 1. The van der Waals surface area contributed by atoms with E-state index in [-0.39, 0.29) is 51.2 Å². The van der Waals surface area contributed by atoms with Gasteiger partial charge in [-0.25, -0.2) is 4.79 Å². The normalized spacial score (nSPS) is 37.0.